The Kier molecular flexibility index (Phi) is 3.63. The number of benzene rings is 2. The van der Waals surface area contributed by atoms with Gasteiger partial charge in [-0.05, 0) is 29.8 Å². The van der Waals surface area contributed by atoms with Crippen LogP contribution in [0.3, 0.4) is 0 Å². The molecule has 0 N–H and O–H groups in total. The quantitative estimate of drug-likeness (QED) is 0.599. The van der Waals surface area contributed by atoms with E-state index in [1.165, 1.54) is 6.07 Å². The molecule has 21 heavy (non-hydrogen) atoms. The second kappa shape index (κ2) is 5.58. The van der Waals surface area contributed by atoms with E-state index in [0.717, 1.165) is 10.0 Å². The van der Waals surface area contributed by atoms with Gasteiger partial charge in [0.2, 0.25) is 6.79 Å². The van der Waals surface area contributed by atoms with Gasteiger partial charge in [0.05, 0.1) is 11.6 Å². The molecule has 1 aliphatic rings. The highest BCUT2D eigenvalue weighted by molar-refractivity contribution is 9.10. The zero-order valence-corrected chi connectivity index (χ0v) is 12.4. The molecule has 2 aromatic carbocycles. The topological polar surface area (TPSA) is 42.2 Å². The summed E-state index contributed by atoms with van der Waals surface area (Å²) in [5, 5.41) is 9.29. The van der Waals surface area contributed by atoms with E-state index in [9.17, 15) is 9.65 Å². The van der Waals surface area contributed by atoms with Gasteiger partial charge in [-0.2, -0.15) is 5.26 Å². The number of ether oxygens (including phenoxy) is 2. The van der Waals surface area contributed by atoms with Crippen molar-refractivity contribution in [1.82, 2.24) is 0 Å². The third-order valence-corrected chi connectivity index (χ3v) is 3.76. The lowest BCUT2D eigenvalue weighted by Gasteiger charge is -2.04. The van der Waals surface area contributed by atoms with Crippen molar-refractivity contribution in [1.29, 1.82) is 5.26 Å². The minimum absolute atomic E-state index is 0.174. The molecule has 0 saturated heterocycles. The molecule has 0 fully saturated rings. The van der Waals surface area contributed by atoms with Crippen molar-refractivity contribution < 1.29 is 13.9 Å². The zero-order valence-electron chi connectivity index (χ0n) is 10.8. The fraction of sp³-hybridized carbons (Fsp3) is 0.0625. The molecule has 5 heteroatoms. The van der Waals surface area contributed by atoms with Crippen LogP contribution in [0.1, 0.15) is 11.1 Å². The summed E-state index contributed by atoms with van der Waals surface area (Å²) in [6.07, 6.45) is 1.62. The van der Waals surface area contributed by atoms with Crippen LogP contribution in [0, 0.1) is 17.1 Å². The highest BCUT2D eigenvalue weighted by Gasteiger charge is 2.16. The van der Waals surface area contributed by atoms with Gasteiger partial charge in [-0.1, -0.05) is 34.1 Å². The Morgan fingerprint density at radius 2 is 1.95 bits per heavy atom. The molecule has 0 unspecified atom stereocenters. The number of halogens is 2. The first-order chi connectivity index (χ1) is 10.2. The van der Waals surface area contributed by atoms with E-state index in [1.807, 2.05) is 6.07 Å². The summed E-state index contributed by atoms with van der Waals surface area (Å²) in [5.74, 6) is 0.820. The summed E-state index contributed by atoms with van der Waals surface area (Å²) in [4.78, 5) is 0. The summed E-state index contributed by atoms with van der Waals surface area (Å²) in [6, 6.07) is 11.7. The van der Waals surface area contributed by atoms with Gasteiger partial charge in [-0.25, -0.2) is 4.39 Å². The molecule has 0 bridgehead atoms. The fourth-order valence-corrected chi connectivity index (χ4v) is 2.49. The minimum Gasteiger partial charge on any atom is -0.454 e. The number of fused-ring (bicyclic) bond motifs is 1. The summed E-state index contributed by atoms with van der Waals surface area (Å²) >= 11 is 3.42. The van der Waals surface area contributed by atoms with Crippen LogP contribution in [0.15, 0.2) is 40.9 Å². The van der Waals surface area contributed by atoms with Crippen LogP contribution in [-0.2, 0) is 0 Å². The van der Waals surface area contributed by atoms with Crippen LogP contribution in [-0.4, -0.2) is 6.79 Å². The molecule has 0 aliphatic carbocycles. The first kappa shape index (κ1) is 13.7. The molecule has 2 aromatic rings. The monoisotopic (exact) mass is 345 g/mol. The average Bonchev–Trinajstić information content (AvgIpc) is 2.92. The molecule has 3 nitrogen and oxygen atoms in total. The Balaban J connectivity index is 2.08. The van der Waals surface area contributed by atoms with Gasteiger partial charge in [0.1, 0.15) is 5.82 Å². The normalized spacial score (nSPS) is 13.1. The fourth-order valence-electron chi connectivity index (χ4n) is 2.05. The number of nitriles is 1. The molecule has 1 heterocycles. The lowest BCUT2D eigenvalue weighted by Crippen LogP contribution is -1.92. The number of nitrogens with zero attached hydrogens (tertiary/aromatic N) is 1. The summed E-state index contributed by atoms with van der Waals surface area (Å²) in [7, 11) is 0. The summed E-state index contributed by atoms with van der Waals surface area (Å²) < 4.78 is 25.1. The predicted molar refractivity (Wildman–Crippen MR) is 80.1 cm³/mol. The lowest BCUT2D eigenvalue weighted by molar-refractivity contribution is 0.174. The van der Waals surface area contributed by atoms with Crippen molar-refractivity contribution in [3.8, 4) is 17.6 Å². The van der Waals surface area contributed by atoms with E-state index in [2.05, 4.69) is 15.9 Å². The van der Waals surface area contributed by atoms with Crippen LogP contribution < -0.4 is 9.47 Å². The van der Waals surface area contributed by atoms with Gasteiger partial charge >= 0.3 is 0 Å². The van der Waals surface area contributed by atoms with Gasteiger partial charge in [0.25, 0.3) is 0 Å². The van der Waals surface area contributed by atoms with Crippen LogP contribution in [0.4, 0.5) is 4.39 Å². The molecule has 0 saturated carbocycles. The third-order valence-electron chi connectivity index (χ3n) is 3.08. The third kappa shape index (κ3) is 2.63. The maximum absolute atomic E-state index is 13.8. The van der Waals surface area contributed by atoms with Crippen LogP contribution in [0.5, 0.6) is 11.5 Å². The van der Waals surface area contributed by atoms with Crippen LogP contribution >= 0.6 is 15.9 Å². The van der Waals surface area contributed by atoms with Gasteiger partial charge < -0.3 is 9.47 Å². The molecule has 104 valence electrons. The molecule has 0 radical (unpaired) electrons. The highest BCUT2D eigenvalue weighted by Crippen LogP contribution is 2.38. The molecular weight excluding hydrogens is 337 g/mol. The van der Waals surface area contributed by atoms with Crippen molar-refractivity contribution in [2.24, 2.45) is 0 Å². The first-order valence-electron chi connectivity index (χ1n) is 6.15. The van der Waals surface area contributed by atoms with Crippen molar-refractivity contribution in [2.45, 2.75) is 0 Å². The van der Waals surface area contributed by atoms with E-state index >= 15 is 0 Å². The van der Waals surface area contributed by atoms with Crippen molar-refractivity contribution in [3.05, 3.63) is 57.8 Å². The molecule has 0 aromatic heterocycles. The van der Waals surface area contributed by atoms with Gasteiger partial charge in [-0.3, -0.25) is 0 Å². The first-order valence-corrected chi connectivity index (χ1v) is 6.94. The Hall–Kier alpha value is -2.32. The van der Waals surface area contributed by atoms with Gasteiger partial charge in [0.15, 0.2) is 11.5 Å². The molecule has 0 spiro atoms. The molecule has 0 amide bonds. The Bertz CT molecular complexity index is 780. The Morgan fingerprint density at radius 3 is 2.67 bits per heavy atom. The van der Waals surface area contributed by atoms with Crippen LogP contribution in [0.25, 0.3) is 11.6 Å². The highest BCUT2D eigenvalue weighted by atomic mass is 79.9. The largest absolute Gasteiger partial charge is 0.454 e. The van der Waals surface area contributed by atoms with E-state index < -0.39 is 5.82 Å². The van der Waals surface area contributed by atoms with Crippen LogP contribution in [0.2, 0.25) is 0 Å². The summed E-state index contributed by atoms with van der Waals surface area (Å²) in [6.45, 7) is 0.174. The molecular formula is C16H9BrFNO2. The van der Waals surface area contributed by atoms with Crippen molar-refractivity contribution in [3.63, 3.8) is 0 Å². The molecule has 0 atom stereocenters. The van der Waals surface area contributed by atoms with Crippen molar-refractivity contribution in [2.75, 3.05) is 6.79 Å². The maximum atomic E-state index is 13.8. The molecule has 3 rings (SSSR count). The smallest absolute Gasteiger partial charge is 0.231 e. The zero-order chi connectivity index (χ0) is 14.8. The average molecular weight is 346 g/mol. The second-order valence-electron chi connectivity index (χ2n) is 4.38. The second-order valence-corrected chi connectivity index (χ2v) is 5.23. The van der Waals surface area contributed by atoms with Gasteiger partial charge in [-0.15, -0.1) is 0 Å². The number of hydrogen-bond acceptors (Lipinski definition) is 3. The Labute approximate surface area is 129 Å². The SMILES string of the molecule is N#C/C(=C\c1cc2c(cc1Br)OCO2)c1ccccc1F. The number of hydrogen-bond donors (Lipinski definition) is 0. The predicted octanol–water partition coefficient (Wildman–Crippen LogP) is 4.38. The Morgan fingerprint density at radius 1 is 1.24 bits per heavy atom. The lowest BCUT2D eigenvalue weighted by atomic mass is 10.0. The summed E-state index contributed by atoms with van der Waals surface area (Å²) in [5.41, 5.74) is 1.23. The minimum atomic E-state index is -0.429. The standard InChI is InChI=1S/C16H9BrFNO2/c17-13-7-16-15(20-9-21-16)6-10(13)5-11(8-19)12-3-1-2-4-14(12)18/h1-7H,9H2/b11-5+. The van der Waals surface area contributed by atoms with Crippen molar-refractivity contribution >= 4 is 27.6 Å². The number of rotatable bonds is 2. The maximum Gasteiger partial charge on any atom is 0.231 e. The van der Waals surface area contributed by atoms with E-state index in [1.54, 1.807) is 36.4 Å². The van der Waals surface area contributed by atoms with Gasteiger partial charge in [0, 0.05) is 10.0 Å². The molecule has 1 aliphatic heterocycles. The van der Waals surface area contributed by atoms with E-state index in [0.29, 0.717) is 11.5 Å². The van der Waals surface area contributed by atoms with E-state index in [-0.39, 0.29) is 17.9 Å². The number of allylic oxidation sites excluding steroid dienone is 1. The van der Waals surface area contributed by atoms with E-state index in [4.69, 9.17) is 9.47 Å².